The van der Waals surface area contributed by atoms with Gasteiger partial charge >= 0.3 is 18.4 Å². The molecule has 13 heteroatoms. The number of carbonyl (C=O) groups excluding carboxylic acids is 2. The average Bonchev–Trinajstić information content (AvgIpc) is 2.94. The number of alkyl carbamates (subject to hydrolysis) is 1. The van der Waals surface area contributed by atoms with Gasteiger partial charge < -0.3 is 19.9 Å². The zero-order valence-electron chi connectivity index (χ0n) is 24.5. The summed E-state index contributed by atoms with van der Waals surface area (Å²) >= 11 is 5.96. The summed E-state index contributed by atoms with van der Waals surface area (Å²) in [5, 5.41) is 12.8. The van der Waals surface area contributed by atoms with Gasteiger partial charge in [-0.05, 0) is 75.6 Å². The van der Waals surface area contributed by atoms with Crippen molar-refractivity contribution in [2.24, 2.45) is 0 Å². The third kappa shape index (κ3) is 7.07. The summed E-state index contributed by atoms with van der Waals surface area (Å²) in [6.07, 6.45) is -6.84. The van der Waals surface area contributed by atoms with Crippen molar-refractivity contribution in [3.8, 4) is 11.3 Å². The predicted octanol–water partition coefficient (Wildman–Crippen LogP) is 7.07. The van der Waals surface area contributed by atoms with Crippen LogP contribution < -0.4 is 5.32 Å². The number of amides is 2. The molecule has 2 aromatic carbocycles. The van der Waals surface area contributed by atoms with Crippen molar-refractivity contribution in [2.75, 3.05) is 13.1 Å². The molecule has 1 saturated heterocycles. The van der Waals surface area contributed by atoms with Crippen molar-refractivity contribution in [2.45, 2.75) is 63.6 Å². The molecule has 2 atom stereocenters. The lowest BCUT2D eigenvalue weighted by Gasteiger charge is -2.50. The van der Waals surface area contributed by atoms with Gasteiger partial charge in [-0.1, -0.05) is 41.9 Å². The van der Waals surface area contributed by atoms with Gasteiger partial charge in [0.2, 0.25) is 5.60 Å². The number of halogens is 5. The Kier molecular flexibility index (Phi) is 9.18. The molecular formula is C31H32ClF4N3O5. The summed E-state index contributed by atoms with van der Waals surface area (Å²) in [4.78, 5) is 30.8. The quantitative estimate of drug-likeness (QED) is 0.269. The average molecular weight is 638 g/mol. The second-order valence-corrected chi connectivity index (χ2v) is 12.1. The van der Waals surface area contributed by atoms with E-state index in [9.17, 15) is 32.3 Å². The highest BCUT2D eigenvalue weighted by Gasteiger charge is 2.57. The molecule has 2 N–H and O–H groups in total. The van der Waals surface area contributed by atoms with E-state index in [-0.39, 0.29) is 35.0 Å². The van der Waals surface area contributed by atoms with Crippen molar-refractivity contribution in [1.29, 1.82) is 0 Å². The first kappa shape index (κ1) is 33.0. The molecule has 2 amide bonds. The number of benzene rings is 2. The fourth-order valence-corrected chi connectivity index (χ4v) is 4.84. The highest BCUT2D eigenvalue weighted by atomic mass is 35.5. The van der Waals surface area contributed by atoms with Crippen LogP contribution >= 0.6 is 11.6 Å². The molecule has 1 aromatic heterocycles. The van der Waals surface area contributed by atoms with Crippen molar-refractivity contribution < 1.29 is 41.7 Å². The maximum Gasteiger partial charge on any atom is 0.424 e. The molecule has 0 bridgehead atoms. The van der Waals surface area contributed by atoms with Crippen LogP contribution in [0.1, 0.15) is 50.9 Å². The lowest BCUT2D eigenvalue weighted by molar-refractivity contribution is -0.265. The maximum absolute atomic E-state index is 14.6. The van der Waals surface area contributed by atoms with Crippen LogP contribution in [-0.4, -0.2) is 52.0 Å². The summed E-state index contributed by atoms with van der Waals surface area (Å²) < 4.78 is 68.2. The van der Waals surface area contributed by atoms with E-state index < -0.39 is 53.2 Å². The monoisotopic (exact) mass is 637 g/mol. The van der Waals surface area contributed by atoms with Crippen LogP contribution in [0.2, 0.25) is 5.02 Å². The molecular weight excluding hydrogens is 606 g/mol. The molecule has 2 heterocycles. The van der Waals surface area contributed by atoms with Gasteiger partial charge in [-0.3, -0.25) is 4.90 Å². The topological polar surface area (TPSA) is 101 Å². The fraction of sp³-hybridized carbons (Fsp3) is 0.387. The highest BCUT2D eigenvalue weighted by Crippen LogP contribution is 2.45. The Balaban J connectivity index is 1.76. The van der Waals surface area contributed by atoms with E-state index in [1.807, 2.05) is 11.4 Å². The number of ether oxygens (including phenoxy) is 2. The van der Waals surface area contributed by atoms with Gasteiger partial charge in [-0.25, -0.2) is 19.0 Å². The molecule has 4 rings (SSSR count). The third-order valence-corrected chi connectivity index (χ3v) is 7.58. The molecule has 0 aliphatic carbocycles. The number of likely N-dealkylation sites (tertiary alicyclic amines) is 1. The van der Waals surface area contributed by atoms with Crippen LogP contribution in [0.15, 0.2) is 60.7 Å². The van der Waals surface area contributed by atoms with Crippen molar-refractivity contribution >= 4 is 23.8 Å². The van der Waals surface area contributed by atoms with Crippen molar-refractivity contribution in [3.63, 3.8) is 0 Å². The SMILES string of the molecule is CC(C)(C)OC(=O)NC[C@@](O)(c1cc([C@]2(C)CCN2C(=O)OCc2ccccc2)cc(-c2ccc(F)c(Cl)c2)n1)C(F)(F)F. The highest BCUT2D eigenvalue weighted by molar-refractivity contribution is 6.31. The lowest BCUT2D eigenvalue weighted by Crippen LogP contribution is -2.58. The number of nitrogens with one attached hydrogen (secondary N) is 1. The number of rotatable bonds is 7. The minimum Gasteiger partial charge on any atom is -0.445 e. The fourth-order valence-electron chi connectivity index (χ4n) is 4.66. The smallest absolute Gasteiger partial charge is 0.424 e. The number of alkyl halides is 3. The van der Waals surface area contributed by atoms with E-state index >= 15 is 0 Å². The zero-order valence-corrected chi connectivity index (χ0v) is 25.2. The number of hydrogen-bond donors (Lipinski definition) is 2. The first-order chi connectivity index (χ1) is 20.4. The Hall–Kier alpha value is -3.90. The Bertz CT molecular complexity index is 1530. The van der Waals surface area contributed by atoms with Gasteiger partial charge in [-0.15, -0.1) is 0 Å². The largest absolute Gasteiger partial charge is 0.445 e. The number of nitrogens with zero attached hydrogens (tertiary/aromatic N) is 2. The molecule has 44 heavy (non-hydrogen) atoms. The zero-order chi connectivity index (χ0) is 32.5. The van der Waals surface area contributed by atoms with Gasteiger partial charge in [-0.2, -0.15) is 13.2 Å². The van der Waals surface area contributed by atoms with Gasteiger partial charge in [0.25, 0.3) is 0 Å². The van der Waals surface area contributed by atoms with Gasteiger partial charge in [0.15, 0.2) is 0 Å². The molecule has 0 saturated carbocycles. The van der Waals surface area contributed by atoms with Gasteiger partial charge in [0.05, 0.1) is 28.5 Å². The molecule has 8 nitrogen and oxygen atoms in total. The normalized spacial score (nSPS) is 18.2. The summed E-state index contributed by atoms with van der Waals surface area (Å²) in [7, 11) is 0. The number of hydrogen-bond acceptors (Lipinski definition) is 6. The Labute approximate surface area is 256 Å². The van der Waals surface area contributed by atoms with E-state index in [1.165, 1.54) is 43.9 Å². The molecule has 236 valence electrons. The summed E-state index contributed by atoms with van der Waals surface area (Å²) in [5.41, 5.74) is -5.69. The standard InChI is InChI=1S/C31H32ClF4N3O5/c1-28(2,3)44-26(40)37-18-30(42,31(34,35)36)25-16-21(15-24(38-25)20-10-11-23(33)22(32)14-20)29(4)12-13-39(29)27(41)43-17-19-8-6-5-7-9-19/h5-11,14-16,42H,12-13,17-18H2,1-4H3,(H,37,40)/t29-,30+/m0/s1. The van der Waals surface area contributed by atoms with Gasteiger partial charge in [0.1, 0.15) is 18.0 Å². The van der Waals surface area contributed by atoms with Gasteiger partial charge in [0, 0.05) is 12.1 Å². The third-order valence-electron chi connectivity index (χ3n) is 7.29. The summed E-state index contributed by atoms with van der Waals surface area (Å²) in [6.45, 7) is 5.15. The Morgan fingerprint density at radius 3 is 2.34 bits per heavy atom. The maximum atomic E-state index is 14.6. The second-order valence-electron chi connectivity index (χ2n) is 11.7. The Morgan fingerprint density at radius 2 is 1.77 bits per heavy atom. The minimum atomic E-state index is -5.32. The minimum absolute atomic E-state index is 0.0165. The van der Waals surface area contributed by atoms with E-state index in [0.29, 0.717) is 6.42 Å². The molecule has 1 aliphatic rings. The molecule has 0 unspecified atom stereocenters. The molecule has 0 spiro atoms. The summed E-state index contributed by atoms with van der Waals surface area (Å²) in [6, 6.07) is 14.9. The molecule has 1 fully saturated rings. The number of aromatic nitrogens is 1. The van der Waals surface area contributed by atoms with Crippen LogP contribution in [0.5, 0.6) is 0 Å². The van der Waals surface area contributed by atoms with E-state index in [2.05, 4.69) is 4.98 Å². The van der Waals surface area contributed by atoms with Crippen LogP contribution in [-0.2, 0) is 27.2 Å². The lowest BCUT2D eigenvalue weighted by atomic mass is 9.79. The number of pyridine rings is 1. The first-order valence-electron chi connectivity index (χ1n) is 13.7. The number of carbonyl (C=O) groups is 2. The van der Waals surface area contributed by atoms with Crippen LogP contribution in [0.25, 0.3) is 11.3 Å². The Morgan fingerprint density at radius 1 is 1.09 bits per heavy atom. The first-order valence-corrected chi connectivity index (χ1v) is 14.0. The predicted molar refractivity (Wildman–Crippen MR) is 154 cm³/mol. The second kappa shape index (κ2) is 12.2. The molecule has 3 aromatic rings. The van der Waals surface area contributed by atoms with Crippen molar-refractivity contribution in [1.82, 2.24) is 15.2 Å². The van der Waals surface area contributed by atoms with E-state index in [4.69, 9.17) is 21.1 Å². The van der Waals surface area contributed by atoms with Crippen LogP contribution in [0.4, 0.5) is 27.2 Å². The van der Waals surface area contributed by atoms with E-state index in [0.717, 1.165) is 17.7 Å². The molecule has 0 radical (unpaired) electrons. The van der Waals surface area contributed by atoms with Crippen LogP contribution in [0.3, 0.4) is 0 Å². The van der Waals surface area contributed by atoms with Crippen LogP contribution in [0, 0.1) is 5.82 Å². The number of aliphatic hydroxyl groups is 1. The van der Waals surface area contributed by atoms with E-state index in [1.54, 1.807) is 31.2 Å². The summed E-state index contributed by atoms with van der Waals surface area (Å²) in [5.74, 6) is -0.751. The molecule has 1 aliphatic heterocycles. The van der Waals surface area contributed by atoms with Crippen molar-refractivity contribution in [3.05, 3.63) is 88.3 Å².